The summed E-state index contributed by atoms with van der Waals surface area (Å²) in [5.74, 6) is 0.947. The molecular weight excluding hydrogens is 446 g/mol. The highest BCUT2D eigenvalue weighted by molar-refractivity contribution is 8.00. The summed E-state index contributed by atoms with van der Waals surface area (Å²) in [7, 11) is 0. The van der Waals surface area contributed by atoms with E-state index in [2.05, 4.69) is 22.4 Å². The lowest BCUT2D eigenvalue weighted by Crippen LogP contribution is -2.44. The molecule has 0 saturated heterocycles. The number of thioether (sulfide) groups is 1. The zero-order chi connectivity index (χ0) is 23.8. The maximum Gasteiger partial charge on any atom is 0.267 e. The molecule has 7 nitrogen and oxygen atoms in total. The molecule has 1 saturated carbocycles. The summed E-state index contributed by atoms with van der Waals surface area (Å²) in [5.41, 5.74) is 2.32. The highest BCUT2D eigenvalue weighted by Gasteiger charge is 2.27. The van der Waals surface area contributed by atoms with E-state index in [-0.39, 0.29) is 22.8 Å². The van der Waals surface area contributed by atoms with Crippen molar-refractivity contribution in [2.45, 2.75) is 62.9 Å². The van der Waals surface area contributed by atoms with Crippen molar-refractivity contribution in [2.24, 2.45) is 5.92 Å². The molecule has 2 aromatic heterocycles. The highest BCUT2D eigenvalue weighted by atomic mass is 32.2. The van der Waals surface area contributed by atoms with Crippen molar-refractivity contribution in [2.75, 3.05) is 0 Å². The van der Waals surface area contributed by atoms with Crippen molar-refractivity contribution in [3.05, 3.63) is 64.4 Å². The molecule has 3 unspecified atom stereocenters. The summed E-state index contributed by atoms with van der Waals surface area (Å²) in [6.07, 6.45) is 4.59. The van der Waals surface area contributed by atoms with Gasteiger partial charge in [0.15, 0.2) is 5.16 Å². The predicted octanol–water partition coefficient (Wildman–Crippen LogP) is 4.52. The Labute approximate surface area is 202 Å². The number of carbonyl (C=O) groups excluding carboxylic acids is 1. The molecule has 1 fully saturated rings. The fourth-order valence-corrected chi connectivity index (χ4v) is 5.69. The van der Waals surface area contributed by atoms with E-state index in [9.17, 15) is 9.59 Å². The van der Waals surface area contributed by atoms with Gasteiger partial charge in [0.25, 0.3) is 5.56 Å². The van der Waals surface area contributed by atoms with Gasteiger partial charge in [0, 0.05) is 6.04 Å². The predicted molar refractivity (Wildman–Crippen MR) is 136 cm³/mol. The van der Waals surface area contributed by atoms with Crippen LogP contribution in [0.5, 0.6) is 0 Å². The SMILES string of the molecule is Cc1ccccc1-n1c(=O)c2ccccc2n2c(SC(C)C(=O)NC3CCCCC3C)nnc12. The lowest BCUT2D eigenvalue weighted by molar-refractivity contribution is -0.121. The van der Waals surface area contributed by atoms with E-state index in [1.54, 1.807) is 4.57 Å². The van der Waals surface area contributed by atoms with E-state index in [1.165, 1.54) is 18.2 Å². The summed E-state index contributed by atoms with van der Waals surface area (Å²) in [6.45, 7) is 6.08. The second-order valence-electron chi connectivity index (χ2n) is 9.20. The largest absolute Gasteiger partial charge is 0.352 e. The Bertz CT molecular complexity index is 1430. The fourth-order valence-electron chi connectivity index (χ4n) is 4.83. The summed E-state index contributed by atoms with van der Waals surface area (Å²) >= 11 is 1.37. The van der Waals surface area contributed by atoms with Crippen LogP contribution in [-0.4, -0.2) is 36.4 Å². The minimum atomic E-state index is -0.348. The molecule has 2 heterocycles. The van der Waals surface area contributed by atoms with Crippen LogP contribution in [0.15, 0.2) is 58.5 Å². The maximum absolute atomic E-state index is 13.5. The Hall–Kier alpha value is -3.13. The molecule has 0 radical (unpaired) electrons. The standard InChI is InChI=1S/C26H29N5O2S/c1-16-10-4-7-13-20(16)27-23(32)18(3)34-26-29-28-25-30(21-14-8-5-11-17(21)2)24(33)19-12-6-9-15-22(19)31(25)26/h5-6,8-9,11-12,14-16,18,20H,4,7,10,13H2,1-3H3,(H,27,32). The number of hydrogen-bond donors (Lipinski definition) is 1. The Morgan fingerprint density at radius 1 is 1.09 bits per heavy atom. The van der Waals surface area contributed by atoms with E-state index < -0.39 is 0 Å². The van der Waals surface area contributed by atoms with Crippen molar-refractivity contribution in [1.29, 1.82) is 0 Å². The number of fused-ring (bicyclic) bond motifs is 3. The number of aromatic nitrogens is 4. The van der Waals surface area contributed by atoms with E-state index in [1.807, 2.05) is 66.8 Å². The number of aryl methyl sites for hydroxylation is 1. The van der Waals surface area contributed by atoms with Gasteiger partial charge in [0.2, 0.25) is 11.7 Å². The average molecular weight is 476 g/mol. The molecule has 3 atom stereocenters. The van der Waals surface area contributed by atoms with E-state index in [0.717, 1.165) is 36.0 Å². The molecule has 0 spiro atoms. The van der Waals surface area contributed by atoms with Crippen LogP contribution in [0.4, 0.5) is 0 Å². The molecule has 0 aliphatic heterocycles. The number of amides is 1. The Morgan fingerprint density at radius 3 is 2.62 bits per heavy atom. The number of carbonyl (C=O) groups is 1. The number of nitrogens with zero attached hydrogens (tertiary/aromatic N) is 4. The smallest absolute Gasteiger partial charge is 0.267 e. The third-order valence-electron chi connectivity index (χ3n) is 6.84. The number of hydrogen-bond acceptors (Lipinski definition) is 5. The van der Waals surface area contributed by atoms with E-state index in [0.29, 0.717) is 22.2 Å². The quantitative estimate of drug-likeness (QED) is 0.429. The van der Waals surface area contributed by atoms with Crippen LogP contribution in [0, 0.1) is 12.8 Å². The zero-order valence-electron chi connectivity index (χ0n) is 19.7. The minimum Gasteiger partial charge on any atom is -0.352 e. The van der Waals surface area contributed by atoms with Crippen LogP contribution in [0.1, 0.15) is 45.1 Å². The van der Waals surface area contributed by atoms with Crippen LogP contribution in [0.3, 0.4) is 0 Å². The van der Waals surface area contributed by atoms with Gasteiger partial charge in [-0.3, -0.25) is 14.0 Å². The van der Waals surface area contributed by atoms with E-state index in [4.69, 9.17) is 0 Å². The zero-order valence-corrected chi connectivity index (χ0v) is 20.5. The first-order chi connectivity index (χ1) is 16.5. The van der Waals surface area contributed by atoms with Crippen LogP contribution in [0.2, 0.25) is 0 Å². The lowest BCUT2D eigenvalue weighted by atomic mass is 9.86. The molecule has 2 aromatic carbocycles. The van der Waals surface area contributed by atoms with Gasteiger partial charge < -0.3 is 5.32 Å². The molecule has 1 aliphatic carbocycles. The number of para-hydroxylation sites is 2. The molecule has 1 aliphatic rings. The van der Waals surface area contributed by atoms with Crippen LogP contribution < -0.4 is 10.9 Å². The second kappa shape index (κ2) is 9.25. The lowest BCUT2D eigenvalue weighted by Gasteiger charge is -2.30. The van der Waals surface area contributed by atoms with Crippen molar-refractivity contribution in [3.8, 4) is 5.69 Å². The first-order valence-corrected chi connectivity index (χ1v) is 12.8. The highest BCUT2D eigenvalue weighted by Crippen LogP contribution is 2.28. The third-order valence-corrected chi connectivity index (χ3v) is 7.88. The average Bonchev–Trinajstić information content (AvgIpc) is 3.25. The normalized spacial score (nSPS) is 19.4. The number of nitrogens with one attached hydrogen (secondary N) is 1. The molecule has 4 aromatic rings. The van der Waals surface area contributed by atoms with Gasteiger partial charge in [-0.15, -0.1) is 10.2 Å². The topological polar surface area (TPSA) is 81.3 Å². The molecule has 1 N–H and O–H groups in total. The van der Waals surface area contributed by atoms with Crippen molar-refractivity contribution in [1.82, 2.24) is 24.5 Å². The second-order valence-corrected chi connectivity index (χ2v) is 10.5. The number of rotatable bonds is 5. The Morgan fingerprint density at radius 2 is 1.82 bits per heavy atom. The first kappa shape index (κ1) is 22.7. The number of benzene rings is 2. The van der Waals surface area contributed by atoms with Gasteiger partial charge in [0.1, 0.15) is 0 Å². The Kier molecular flexibility index (Phi) is 6.16. The minimum absolute atomic E-state index is 0.0111. The molecule has 8 heteroatoms. The summed E-state index contributed by atoms with van der Waals surface area (Å²) in [6, 6.07) is 15.4. The van der Waals surface area contributed by atoms with Gasteiger partial charge in [-0.1, -0.05) is 61.9 Å². The summed E-state index contributed by atoms with van der Waals surface area (Å²) in [5, 5.41) is 12.9. The summed E-state index contributed by atoms with van der Waals surface area (Å²) in [4.78, 5) is 26.5. The fraction of sp³-hybridized carbons (Fsp3) is 0.385. The van der Waals surface area contributed by atoms with Crippen LogP contribution >= 0.6 is 11.8 Å². The van der Waals surface area contributed by atoms with Gasteiger partial charge >= 0.3 is 0 Å². The van der Waals surface area contributed by atoms with Gasteiger partial charge in [-0.05, 0) is 56.4 Å². The summed E-state index contributed by atoms with van der Waals surface area (Å²) < 4.78 is 3.50. The van der Waals surface area contributed by atoms with E-state index >= 15 is 0 Å². The van der Waals surface area contributed by atoms with Crippen molar-refractivity contribution >= 4 is 34.3 Å². The molecule has 5 rings (SSSR count). The first-order valence-electron chi connectivity index (χ1n) is 11.9. The van der Waals surface area contributed by atoms with Crippen molar-refractivity contribution in [3.63, 3.8) is 0 Å². The molecule has 0 bridgehead atoms. The van der Waals surface area contributed by atoms with Crippen LogP contribution in [-0.2, 0) is 4.79 Å². The molecular formula is C26H29N5O2S. The van der Waals surface area contributed by atoms with Crippen molar-refractivity contribution < 1.29 is 4.79 Å². The maximum atomic E-state index is 13.5. The molecule has 34 heavy (non-hydrogen) atoms. The monoisotopic (exact) mass is 475 g/mol. The molecule has 1 amide bonds. The third kappa shape index (κ3) is 4.00. The van der Waals surface area contributed by atoms with Gasteiger partial charge in [-0.25, -0.2) is 4.57 Å². The molecule has 176 valence electrons. The van der Waals surface area contributed by atoms with Gasteiger partial charge in [-0.2, -0.15) is 0 Å². The van der Waals surface area contributed by atoms with Gasteiger partial charge in [0.05, 0.1) is 21.8 Å². The Balaban J connectivity index is 1.56. The van der Waals surface area contributed by atoms with Crippen LogP contribution in [0.25, 0.3) is 22.4 Å².